The molecule has 1 aromatic carbocycles. The third-order valence-electron chi connectivity index (χ3n) is 3.63. The molecule has 1 fully saturated rings. The van der Waals surface area contributed by atoms with Crippen molar-refractivity contribution in [2.75, 3.05) is 6.61 Å². The number of hydrogen-bond acceptors (Lipinski definition) is 5. The fourth-order valence-electron chi connectivity index (χ4n) is 2.44. The number of benzene rings is 1. The van der Waals surface area contributed by atoms with Gasteiger partial charge in [0.25, 0.3) is 0 Å². The smallest absolute Gasteiger partial charge is 0.311 e. The lowest BCUT2D eigenvalue weighted by molar-refractivity contribution is -0.386. The number of aliphatic hydroxyl groups is 1. The summed E-state index contributed by atoms with van der Waals surface area (Å²) in [6, 6.07) is 6.07. The van der Waals surface area contributed by atoms with E-state index < -0.39 is 4.92 Å². The van der Waals surface area contributed by atoms with Crippen molar-refractivity contribution in [1.82, 2.24) is 0 Å². The first kappa shape index (κ1) is 14.3. The molecule has 0 heterocycles. The average molecular weight is 276 g/mol. The molecule has 2 rings (SSSR count). The molecule has 1 N–H and O–H groups in total. The van der Waals surface area contributed by atoms with E-state index in [4.69, 9.17) is 15.1 Å². The summed E-state index contributed by atoms with van der Waals surface area (Å²) in [7, 11) is 0. The molecule has 106 valence electrons. The maximum atomic E-state index is 11.0. The van der Waals surface area contributed by atoms with E-state index in [1.165, 1.54) is 18.2 Å². The molecule has 6 heteroatoms. The van der Waals surface area contributed by atoms with E-state index in [1.807, 2.05) is 6.07 Å². The van der Waals surface area contributed by atoms with Gasteiger partial charge in [0, 0.05) is 18.7 Å². The van der Waals surface area contributed by atoms with Crippen molar-refractivity contribution >= 4 is 5.69 Å². The first-order valence-electron chi connectivity index (χ1n) is 6.60. The minimum absolute atomic E-state index is 0.0922. The number of hydrogen-bond donors (Lipinski definition) is 1. The minimum Gasteiger partial charge on any atom is -0.483 e. The maximum Gasteiger partial charge on any atom is 0.311 e. The lowest BCUT2D eigenvalue weighted by Crippen LogP contribution is -2.25. The fourth-order valence-corrected chi connectivity index (χ4v) is 2.44. The van der Waals surface area contributed by atoms with Crippen LogP contribution in [0.2, 0.25) is 0 Å². The molecule has 0 amide bonds. The third kappa shape index (κ3) is 3.25. The van der Waals surface area contributed by atoms with Crippen molar-refractivity contribution in [1.29, 1.82) is 5.26 Å². The first-order valence-corrected chi connectivity index (χ1v) is 6.60. The molecule has 1 aliphatic carbocycles. The Kier molecular flexibility index (Phi) is 4.53. The van der Waals surface area contributed by atoms with Crippen LogP contribution in [0.5, 0.6) is 5.75 Å². The van der Waals surface area contributed by atoms with Crippen LogP contribution in [-0.4, -0.2) is 22.7 Å². The average Bonchev–Trinajstić information content (AvgIpc) is 2.47. The highest BCUT2D eigenvalue weighted by Crippen LogP contribution is 2.32. The van der Waals surface area contributed by atoms with Gasteiger partial charge in [-0.1, -0.05) is 0 Å². The van der Waals surface area contributed by atoms with Crippen LogP contribution in [0.4, 0.5) is 5.69 Å². The first-order chi connectivity index (χ1) is 9.63. The lowest BCUT2D eigenvalue weighted by atomic mass is 9.88. The quantitative estimate of drug-likeness (QED) is 0.672. The second kappa shape index (κ2) is 6.35. The Bertz CT molecular complexity index is 530. The summed E-state index contributed by atoms with van der Waals surface area (Å²) in [6.07, 6.45) is 3.14. The van der Waals surface area contributed by atoms with Crippen LogP contribution in [0.15, 0.2) is 18.2 Å². The van der Waals surface area contributed by atoms with Gasteiger partial charge in [0.05, 0.1) is 22.7 Å². The Morgan fingerprint density at radius 1 is 1.40 bits per heavy atom. The van der Waals surface area contributed by atoms with E-state index in [-0.39, 0.29) is 24.1 Å². The van der Waals surface area contributed by atoms with Gasteiger partial charge in [-0.25, -0.2) is 0 Å². The molecule has 0 saturated heterocycles. The summed E-state index contributed by atoms with van der Waals surface area (Å²) in [5, 5.41) is 28.9. The van der Waals surface area contributed by atoms with Crippen molar-refractivity contribution in [3.05, 3.63) is 33.9 Å². The zero-order chi connectivity index (χ0) is 14.5. The van der Waals surface area contributed by atoms with Gasteiger partial charge < -0.3 is 9.84 Å². The van der Waals surface area contributed by atoms with Gasteiger partial charge in [-0.2, -0.15) is 5.26 Å². The summed E-state index contributed by atoms with van der Waals surface area (Å²) in [4.78, 5) is 10.5. The number of nitrogens with zero attached hydrogens (tertiary/aromatic N) is 2. The van der Waals surface area contributed by atoms with Gasteiger partial charge in [0.1, 0.15) is 0 Å². The van der Waals surface area contributed by atoms with Gasteiger partial charge in [-0.05, 0) is 37.7 Å². The SMILES string of the molecule is N#Cc1ccc([N+](=O)[O-])c(OC2CCC(CO)CC2)c1. The van der Waals surface area contributed by atoms with Crippen LogP contribution < -0.4 is 4.74 Å². The maximum absolute atomic E-state index is 11.0. The van der Waals surface area contributed by atoms with Crippen LogP contribution in [-0.2, 0) is 0 Å². The molecule has 1 saturated carbocycles. The highest BCUT2D eigenvalue weighted by molar-refractivity contribution is 5.51. The Morgan fingerprint density at radius 3 is 2.65 bits per heavy atom. The van der Waals surface area contributed by atoms with Gasteiger partial charge in [0.2, 0.25) is 0 Å². The Balaban J connectivity index is 2.12. The van der Waals surface area contributed by atoms with E-state index in [0.717, 1.165) is 25.7 Å². The second-order valence-corrected chi connectivity index (χ2v) is 4.99. The number of ether oxygens (including phenoxy) is 1. The van der Waals surface area contributed by atoms with Crippen molar-refractivity contribution in [2.24, 2.45) is 5.92 Å². The molecule has 0 unspecified atom stereocenters. The van der Waals surface area contributed by atoms with E-state index in [0.29, 0.717) is 11.5 Å². The largest absolute Gasteiger partial charge is 0.483 e. The molecule has 0 aliphatic heterocycles. The molecular weight excluding hydrogens is 260 g/mol. The van der Waals surface area contributed by atoms with Gasteiger partial charge in [-0.15, -0.1) is 0 Å². The summed E-state index contributed by atoms with van der Waals surface area (Å²) in [5.74, 6) is 0.455. The van der Waals surface area contributed by atoms with Crippen molar-refractivity contribution in [2.45, 2.75) is 31.8 Å². The summed E-state index contributed by atoms with van der Waals surface area (Å²) < 4.78 is 5.71. The van der Waals surface area contributed by atoms with Gasteiger partial charge in [0.15, 0.2) is 5.75 Å². The molecule has 0 atom stereocenters. The minimum atomic E-state index is -0.504. The molecule has 0 spiro atoms. The van der Waals surface area contributed by atoms with Crippen LogP contribution in [0.25, 0.3) is 0 Å². The Morgan fingerprint density at radius 2 is 2.10 bits per heavy atom. The van der Waals surface area contributed by atoms with Crippen LogP contribution in [0.3, 0.4) is 0 Å². The zero-order valence-corrected chi connectivity index (χ0v) is 11.0. The Labute approximate surface area is 116 Å². The van der Waals surface area contributed by atoms with E-state index in [1.54, 1.807) is 0 Å². The second-order valence-electron chi connectivity index (χ2n) is 4.99. The number of rotatable bonds is 4. The van der Waals surface area contributed by atoms with Crippen LogP contribution >= 0.6 is 0 Å². The van der Waals surface area contributed by atoms with Crippen molar-refractivity contribution in [3.63, 3.8) is 0 Å². The molecule has 0 aromatic heterocycles. The van der Waals surface area contributed by atoms with Gasteiger partial charge >= 0.3 is 5.69 Å². The van der Waals surface area contributed by atoms with Crippen molar-refractivity contribution in [3.8, 4) is 11.8 Å². The predicted octanol–water partition coefficient (Wildman–Crippen LogP) is 2.40. The van der Waals surface area contributed by atoms with E-state index in [2.05, 4.69) is 0 Å². The summed E-state index contributed by atoms with van der Waals surface area (Å²) in [6.45, 7) is 0.177. The van der Waals surface area contributed by atoms with Crippen LogP contribution in [0, 0.1) is 27.4 Å². The van der Waals surface area contributed by atoms with E-state index >= 15 is 0 Å². The topological polar surface area (TPSA) is 96.4 Å². The van der Waals surface area contributed by atoms with Crippen molar-refractivity contribution < 1.29 is 14.8 Å². The highest BCUT2D eigenvalue weighted by atomic mass is 16.6. The Hall–Kier alpha value is -2.13. The van der Waals surface area contributed by atoms with E-state index in [9.17, 15) is 10.1 Å². The molecular formula is C14H16N2O4. The lowest BCUT2D eigenvalue weighted by Gasteiger charge is -2.27. The molecule has 0 radical (unpaired) electrons. The summed E-state index contributed by atoms with van der Waals surface area (Å²) >= 11 is 0. The fraction of sp³-hybridized carbons (Fsp3) is 0.500. The molecule has 1 aromatic rings. The standard InChI is InChI=1S/C14H16N2O4/c15-8-11-3-6-13(16(18)19)14(7-11)20-12-4-1-10(9-17)2-5-12/h3,6-7,10,12,17H,1-2,4-5,9H2. The highest BCUT2D eigenvalue weighted by Gasteiger charge is 2.25. The summed E-state index contributed by atoms with van der Waals surface area (Å²) in [5.41, 5.74) is 0.225. The zero-order valence-electron chi connectivity index (χ0n) is 11.0. The number of nitriles is 1. The van der Waals surface area contributed by atoms with Crippen LogP contribution in [0.1, 0.15) is 31.2 Å². The molecule has 20 heavy (non-hydrogen) atoms. The number of nitro benzene ring substituents is 1. The molecule has 6 nitrogen and oxygen atoms in total. The number of aliphatic hydroxyl groups excluding tert-OH is 1. The molecule has 1 aliphatic rings. The predicted molar refractivity (Wildman–Crippen MR) is 71.3 cm³/mol. The third-order valence-corrected chi connectivity index (χ3v) is 3.63. The monoisotopic (exact) mass is 276 g/mol. The normalized spacial score (nSPS) is 22.0. The number of nitro groups is 1. The molecule has 0 bridgehead atoms. The van der Waals surface area contributed by atoms with Gasteiger partial charge in [-0.3, -0.25) is 10.1 Å².